The van der Waals surface area contributed by atoms with Gasteiger partial charge < -0.3 is 24.2 Å². The van der Waals surface area contributed by atoms with Crippen molar-refractivity contribution in [3.05, 3.63) is 27.8 Å². The van der Waals surface area contributed by atoms with Crippen LogP contribution in [0.1, 0.15) is 64.9 Å². The fourth-order valence-corrected chi connectivity index (χ4v) is 6.13. The van der Waals surface area contributed by atoms with E-state index in [4.69, 9.17) is 9.47 Å². The first-order valence-corrected chi connectivity index (χ1v) is 13.3. The molecule has 0 N–H and O–H groups in total. The van der Waals surface area contributed by atoms with Gasteiger partial charge in [-0.3, -0.25) is 10.1 Å². The summed E-state index contributed by atoms with van der Waals surface area (Å²) in [5.41, 5.74) is 1.93. The number of rotatable bonds is 4. The average molecular weight is 503 g/mol. The van der Waals surface area contributed by atoms with Crippen LogP contribution in [-0.2, 0) is 4.74 Å². The third-order valence-corrected chi connectivity index (χ3v) is 8.35. The summed E-state index contributed by atoms with van der Waals surface area (Å²) in [6, 6.07) is 4.01. The molecule has 0 radical (unpaired) electrons. The summed E-state index contributed by atoms with van der Waals surface area (Å²) in [4.78, 5) is 30.2. The normalized spacial score (nSPS) is 21.5. The molecule has 3 fully saturated rings. The van der Waals surface area contributed by atoms with E-state index in [1.807, 2.05) is 38.7 Å². The van der Waals surface area contributed by atoms with Crippen molar-refractivity contribution in [1.29, 1.82) is 0 Å². The molecule has 4 rings (SSSR count). The van der Waals surface area contributed by atoms with Crippen LogP contribution in [0.15, 0.2) is 12.1 Å². The molecule has 0 unspecified atom stereocenters. The second-order valence-electron chi connectivity index (χ2n) is 11.8. The first-order chi connectivity index (χ1) is 17.0. The Kier molecular flexibility index (Phi) is 7.69. The lowest BCUT2D eigenvalue weighted by molar-refractivity contribution is -0.385. The summed E-state index contributed by atoms with van der Waals surface area (Å²) in [6.07, 6.45) is 6.58. The minimum atomic E-state index is -0.450. The van der Waals surface area contributed by atoms with Gasteiger partial charge in [0, 0.05) is 50.0 Å². The van der Waals surface area contributed by atoms with E-state index in [9.17, 15) is 14.9 Å². The Morgan fingerprint density at radius 2 is 1.61 bits per heavy atom. The quantitative estimate of drug-likeness (QED) is 0.423. The van der Waals surface area contributed by atoms with E-state index < -0.39 is 5.60 Å². The van der Waals surface area contributed by atoms with Crippen LogP contribution in [0.25, 0.3) is 0 Å². The van der Waals surface area contributed by atoms with E-state index in [1.165, 1.54) is 20.0 Å². The van der Waals surface area contributed by atoms with Crippen LogP contribution in [0.3, 0.4) is 0 Å². The number of hydrogen-bond acceptors (Lipinski definition) is 7. The molecule has 200 valence electrons. The number of benzene rings is 1. The van der Waals surface area contributed by atoms with Crippen LogP contribution >= 0.6 is 0 Å². The van der Waals surface area contributed by atoms with Gasteiger partial charge in [0.2, 0.25) is 0 Å². The smallest absolute Gasteiger partial charge is 0.410 e. The number of piperidine rings is 3. The number of aryl methyl sites for hydroxylation is 1. The van der Waals surface area contributed by atoms with Crippen LogP contribution in [0, 0.1) is 22.5 Å². The molecule has 1 spiro atoms. The highest BCUT2D eigenvalue weighted by Crippen LogP contribution is 2.44. The minimum absolute atomic E-state index is 0.0246. The topological polar surface area (TPSA) is 88.4 Å². The van der Waals surface area contributed by atoms with Crippen LogP contribution in [0.2, 0.25) is 0 Å². The van der Waals surface area contributed by atoms with Gasteiger partial charge in [-0.1, -0.05) is 0 Å². The van der Waals surface area contributed by atoms with E-state index in [0.29, 0.717) is 17.2 Å². The predicted molar refractivity (Wildman–Crippen MR) is 140 cm³/mol. The molecule has 1 aromatic rings. The van der Waals surface area contributed by atoms with Crippen molar-refractivity contribution < 1.29 is 19.2 Å². The fraction of sp³-hybridized carbons (Fsp3) is 0.741. The van der Waals surface area contributed by atoms with Crippen LogP contribution in [0.5, 0.6) is 5.75 Å². The van der Waals surface area contributed by atoms with E-state index in [-0.39, 0.29) is 16.7 Å². The maximum absolute atomic E-state index is 12.4. The number of nitro benzene ring substituents is 1. The molecule has 0 saturated carbocycles. The highest BCUT2D eigenvalue weighted by Gasteiger charge is 2.40. The molecule has 3 saturated heterocycles. The number of hydrogen-bond donors (Lipinski definition) is 0. The van der Waals surface area contributed by atoms with Crippen molar-refractivity contribution in [2.75, 3.05) is 51.3 Å². The summed E-state index contributed by atoms with van der Waals surface area (Å²) < 4.78 is 10.9. The predicted octanol–water partition coefficient (Wildman–Crippen LogP) is 4.99. The molecule has 36 heavy (non-hydrogen) atoms. The third kappa shape index (κ3) is 5.88. The second kappa shape index (κ2) is 10.4. The van der Waals surface area contributed by atoms with Gasteiger partial charge in [-0.2, -0.15) is 0 Å². The monoisotopic (exact) mass is 502 g/mol. The Labute approximate surface area is 214 Å². The van der Waals surface area contributed by atoms with Gasteiger partial charge in [0.15, 0.2) is 5.75 Å². The largest absolute Gasteiger partial charge is 0.490 e. The number of amides is 1. The summed E-state index contributed by atoms with van der Waals surface area (Å²) in [7, 11) is 1.49. The SMILES string of the molecule is COc1cc(N2CCC3(CC2)CCN(C2CCN(C(=O)OC(C)(C)C)CC2)CC3)c(C)cc1[N+](=O)[O-]. The van der Waals surface area contributed by atoms with Gasteiger partial charge in [-0.05, 0) is 90.3 Å². The maximum atomic E-state index is 12.4. The lowest BCUT2D eigenvalue weighted by Crippen LogP contribution is -2.52. The molecule has 0 aromatic heterocycles. The average Bonchev–Trinajstić information content (AvgIpc) is 2.84. The zero-order valence-electron chi connectivity index (χ0n) is 22.5. The van der Waals surface area contributed by atoms with E-state index >= 15 is 0 Å². The standard InChI is InChI=1S/C27H42N4O5/c1-20-18-23(31(33)34)24(35-5)19-22(20)29-16-10-27(11-17-29)8-14-28(15-9-27)21-6-12-30(13-7-21)25(32)36-26(2,3)4/h18-19,21H,6-17H2,1-5H3. The molecule has 1 amide bonds. The minimum Gasteiger partial charge on any atom is -0.490 e. The van der Waals surface area contributed by atoms with Crippen molar-refractivity contribution in [2.45, 2.75) is 77.9 Å². The van der Waals surface area contributed by atoms with Crippen LogP contribution < -0.4 is 9.64 Å². The van der Waals surface area contributed by atoms with Gasteiger partial charge in [0.25, 0.3) is 0 Å². The highest BCUT2D eigenvalue weighted by atomic mass is 16.6. The fourth-order valence-electron chi connectivity index (χ4n) is 6.13. The number of nitro groups is 1. The van der Waals surface area contributed by atoms with E-state index in [0.717, 1.165) is 76.2 Å². The Hall–Kier alpha value is -2.55. The maximum Gasteiger partial charge on any atom is 0.410 e. The van der Waals surface area contributed by atoms with Gasteiger partial charge in [0.05, 0.1) is 12.0 Å². The van der Waals surface area contributed by atoms with Gasteiger partial charge >= 0.3 is 11.8 Å². The second-order valence-corrected chi connectivity index (χ2v) is 11.8. The zero-order chi connectivity index (χ0) is 26.1. The molecular formula is C27H42N4O5. The van der Waals surface area contributed by atoms with E-state index in [2.05, 4.69) is 9.80 Å². The molecule has 9 heteroatoms. The summed E-state index contributed by atoms with van der Waals surface area (Å²) in [5.74, 6) is 0.326. The Bertz CT molecular complexity index is 950. The van der Waals surface area contributed by atoms with Gasteiger partial charge in [0.1, 0.15) is 5.60 Å². The molecule has 0 bridgehead atoms. The lowest BCUT2D eigenvalue weighted by Gasteiger charge is -2.50. The molecule has 9 nitrogen and oxygen atoms in total. The number of ether oxygens (including phenoxy) is 2. The highest BCUT2D eigenvalue weighted by molar-refractivity contribution is 5.68. The molecule has 0 aliphatic carbocycles. The van der Waals surface area contributed by atoms with Crippen molar-refractivity contribution >= 4 is 17.5 Å². The molecule has 1 aromatic carbocycles. The van der Waals surface area contributed by atoms with Gasteiger partial charge in [-0.25, -0.2) is 4.79 Å². The Morgan fingerprint density at radius 1 is 1.03 bits per heavy atom. The number of carbonyl (C=O) groups excluding carboxylic acids is 1. The number of anilines is 1. The van der Waals surface area contributed by atoms with Crippen molar-refractivity contribution in [3.63, 3.8) is 0 Å². The zero-order valence-corrected chi connectivity index (χ0v) is 22.5. The summed E-state index contributed by atoms with van der Waals surface area (Å²) in [5, 5.41) is 11.3. The first-order valence-electron chi connectivity index (χ1n) is 13.3. The van der Waals surface area contributed by atoms with Crippen molar-refractivity contribution in [2.24, 2.45) is 5.41 Å². The van der Waals surface area contributed by atoms with Crippen LogP contribution in [0.4, 0.5) is 16.2 Å². The Balaban J connectivity index is 1.27. The third-order valence-electron chi connectivity index (χ3n) is 8.35. The number of nitrogens with zero attached hydrogens (tertiary/aromatic N) is 4. The number of carbonyl (C=O) groups is 1. The Morgan fingerprint density at radius 3 is 2.14 bits per heavy atom. The molecule has 3 heterocycles. The molecule has 0 atom stereocenters. The van der Waals surface area contributed by atoms with Crippen LogP contribution in [-0.4, -0.2) is 78.8 Å². The number of methoxy groups -OCH3 is 1. The van der Waals surface area contributed by atoms with Crippen molar-refractivity contribution in [1.82, 2.24) is 9.80 Å². The molecular weight excluding hydrogens is 460 g/mol. The summed E-state index contributed by atoms with van der Waals surface area (Å²) in [6.45, 7) is 13.4. The lowest BCUT2D eigenvalue weighted by atomic mass is 9.70. The van der Waals surface area contributed by atoms with Gasteiger partial charge in [-0.15, -0.1) is 0 Å². The van der Waals surface area contributed by atoms with Crippen molar-refractivity contribution in [3.8, 4) is 5.75 Å². The van der Waals surface area contributed by atoms with E-state index in [1.54, 1.807) is 6.07 Å². The number of likely N-dealkylation sites (tertiary alicyclic amines) is 2. The molecule has 3 aliphatic rings. The summed E-state index contributed by atoms with van der Waals surface area (Å²) >= 11 is 0. The first kappa shape index (κ1) is 26.5. The molecule has 3 aliphatic heterocycles.